The Balaban J connectivity index is 0. The molecule has 0 spiro atoms. The van der Waals surface area contributed by atoms with Gasteiger partial charge in [-0.05, 0) is 75.0 Å². The van der Waals surface area contributed by atoms with Crippen LogP contribution in [0.25, 0.3) is 0 Å². The fourth-order valence-electron chi connectivity index (χ4n) is 15.7. The van der Waals surface area contributed by atoms with Crippen molar-refractivity contribution in [3.8, 4) is 0 Å². The number of hydrogen-bond acceptors (Lipinski definition) is 10. The van der Waals surface area contributed by atoms with E-state index in [1.54, 1.807) is 23.5 Å². The first-order valence-electron chi connectivity index (χ1n) is 49.9. The summed E-state index contributed by atoms with van der Waals surface area (Å²) in [5, 5.41) is 0. The van der Waals surface area contributed by atoms with Gasteiger partial charge in [-0.25, -0.2) is 0 Å². The van der Waals surface area contributed by atoms with Crippen molar-refractivity contribution < 1.29 is 38.1 Å². The molecule has 0 rings (SSSR count). The van der Waals surface area contributed by atoms with Crippen LogP contribution in [0.4, 0.5) is 0 Å². The number of rotatable bonds is 92. The van der Waals surface area contributed by atoms with Gasteiger partial charge < -0.3 is 18.9 Å². The molecule has 0 saturated heterocycles. The smallest absolute Gasteiger partial charge is 0.306 e. The topological polar surface area (TPSA) is 105 Å². The Kier molecular flexibility index (Phi) is 97.0. The van der Waals surface area contributed by atoms with Gasteiger partial charge in [-0.15, -0.1) is 0 Å². The summed E-state index contributed by atoms with van der Waals surface area (Å²) in [6.07, 6.45) is 97.2. The minimum absolute atomic E-state index is 0.0696. The first-order valence-corrected chi connectivity index (χ1v) is 52.2. The van der Waals surface area contributed by atoms with Gasteiger partial charge in [0.2, 0.25) is 0 Å². The van der Waals surface area contributed by atoms with E-state index in [0.717, 1.165) is 0 Å². The average Bonchev–Trinajstić information content (AvgIpc) is 1.02. The monoisotopic (exact) mass is 1590 g/mol. The first kappa shape index (κ1) is 111. The lowest BCUT2D eigenvalue weighted by atomic mass is 9.94. The lowest BCUT2D eigenvalue weighted by molar-refractivity contribution is -0.145. The van der Waals surface area contributed by atoms with E-state index in [9.17, 15) is 19.2 Å². The molecule has 0 radical (unpaired) electrons. The highest BCUT2D eigenvalue weighted by Crippen LogP contribution is 2.27. The minimum atomic E-state index is -0.0764. The molecule has 0 fully saturated rings. The highest BCUT2D eigenvalue weighted by Gasteiger charge is 2.18. The summed E-state index contributed by atoms with van der Waals surface area (Å²) in [6.45, 7) is 20.6. The summed E-state index contributed by atoms with van der Waals surface area (Å²) in [5.41, 5.74) is 0. The van der Waals surface area contributed by atoms with E-state index >= 15 is 0 Å². The fourth-order valence-corrected chi connectivity index (χ4v) is 17.4. The molecule has 0 heterocycles. The highest BCUT2D eigenvalue weighted by molar-refractivity contribution is 7.99. The van der Waals surface area contributed by atoms with E-state index in [1.165, 1.54) is 462 Å². The van der Waals surface area contributed by atoms with Gasteiger partial charge in [0.05, 0.1) is 52.1 Å². The summed E-state index contributed by atoms with van der Waals surface area (Å²) in [5.74, 6) is 4.57. The van der Waals surface area contributed by atoms with Gasteiger partial charge in [0, 0.05) is 23.0 Å². The Morgan fingerprint density at radius 3 is 0.400 bits per heavy atom. The third-order valence-electron chi connectivity index (χ3n) is 23.4. The van der Waals surface area contributed by atoms with Crippen molar-refractivity contribution in [3.05, 3.63) is 0 Å². The molecule has 10 heteroatoms. The fraction of sp³-hybridized carbons (Fsp3) is 0.960. The maximum Gasteiger partial charge on any atom is 0.306 e. The van der Waals surface area contributed by atoms with E-state index in [0.29, 0.717) is 98.8 Å². The van der Waals surface area contributed by atoms with Crippen LogP contribution in [0.1, 0.15) is 543 Å². The molecule has 4 unspecified atom stereocenters. The molecule has 8 nitrogen and oxygen atoms in total. The molecule has 110 heavy (non-hydrogen) atoms. The van der Waals surface area contributed by atoms with Crippen molar-refractivity contribution in [2.45, 2.75) is 543 Å². The van der Waals surface area contributed by atoms with Gasteiger partial charge in [-0.3, -0.25) is 19.2 Å². The van der Waals surface area contributed by atoms with Crippen LogP contribution >= 0.6 is 23.5 Å². The highest BCUT2D eigenvalue weighted by atomic mass is 32.2. The minimum Gasteiger partial charge on any atom is -0.465 e. The molecule has 0 amide bonds. The average molecular weight is 1590 g/mol. The molecule has 0 saturated carbocycles. The van der Waals surface area contributed by atoms with Crippen LogP contribution in [-0.2, 0) is 38.1 Å². The lowest BCUT2D eigenvalue weighted by Crippen LogP contribution is -2.16. The predicted molar refractivity (Wildman–Crippen MR) is 489 cm³/mol. The molecule has 0 aromatic carbocycles. The second kappa shape index (κ2) is 96.4. The SMILES string of the molecule is CCCCCCCCCCC(CCCCCCCC)COC(=O)CCSCCC(=O)OCC(CCCCCCCC)CCCCCCCCCC.CCCCCCCCCCCCC(CCCCCCCCCC)COC(=O)CCSCCC(=O)OCC(CCCCCCCCCC)CCCCCCCCCCCC. The standard InChI is InChI=1S/C54H106O4S.C46H90O4S/c1-5-9-13-17-21-25-27-31-35-39-43-51(41-37-33-29-23-19-15-11-7-3)49-57-53(55)45-47-59-48-46-54(56)58-50-52(42-38-34-30-24-20-16-12-8-4)44-40-36-32-28-26-22-18-14-10-6-2;1-5-9-13-17-21-23-27-31-35-43(33-29-25-19-15-11-7-3)41-49-45(47)37-39-51-40-38-46(48)50-42-44(34-30-26-20-16-12-8-4)36-32-28-24-22-18-14-10-6-2/h51-52H,5-50H2,1-4H3;43-44H,5-42H2,1-4H3. The number of carbonyl (C=O) groups excluding carboxylic acids is 4. The number of carbonyl (C=O) groups is 4. The van der Waals surface area contributed by atoms with E-state index in [4.69, 9.17) is 18.9 Å². The predicted octanol–water partition coefficient (Wildman–Crippen LogP) is 33.9. The Morgan fingerprint density at radius 2 is 0.282 bits per heavy atom. The van der Waals surface area contributed by atoms with Crippen molar-refractivity contribution in [1.82, 2.24) is 0 Å². The third kappa shape index (κ3) is 90.5. The van der Waals surface area contributed by atoms with Crippen molar-refractivity contribution in [3.63, 3.8) is 0 Å². The Morgan fingerprint density at radius 1 is 0.173 bits per heavy atom. The molecule has 0 aromatic heterocycles. The van der Waals surface area contributed by atoms with Crippen molar-refractivity contribution in [2.75, 3.05) is 49.4 Å². The molecular formula is C100H196O8S2. The number of esters is 4. The van der Waals surface area contributed by atoms with E-state index in [1.807, 2.05) is 0 Å². The Bertz CT molecular complexity index is 1670. The number of unbranched alkanes of at least 4 members (excludes halogenated alkanes) is 56. The van der Waals surface area contributed by atoms with Crippen molar-refractivity contribution >= 4 is 47.4 Å². The zero-order chi connectivity index (χ0) is 80.3. The van der Waals surface area contributed by atoms with Crippen molar-refractivity contribution in [1.29, 1.82) is 0 Å². The van der Waals surface area contributed by atoms with Gasteiger partial charge >= 0.3 is 23.9 Å². The molecule has 656 valence electrons. The molecule has 0 aromatic rings. The largest absolute Gasteiger partial charge is 0.465 e. The van der Waals surface area contributed by atoms with Crippen LogP contribution in [0.15, 0.2) is 0 Å². The molecule has 4 atom stereocenters. The Labute approximate surface area is 697 Å². The lowest BCUT2D eigenvalue weighted by Gasteiger charge is -2.17. The molecule has 0 aliphatic carbocycles. The zero-order valence-electron chi connectivity index (χ0n) is 75.8. The van der Waals surface area contributed by atoms with Crippen LogP contribution in [-0.4, -0.2) is 73.3 Å². The quantitative estimate of drug-likeness (QED) is 0.0332. The number of hydrogen-bond donors (Lipinski definition) is 0. The molecule has 0 N–H and O–H groups in total. The van der Waals surface area contributed by atoms with E-state index in [-0.39, 0.29) is 23.9 Å². The van der Waals surface area contributed by atoms with E-state index in [2.05, 4.69) is 55.4 Å². The Hall–Kier alpha value is -1.42. The van der Waals surface area contributed by atoms with Crippen molar-refractivity contribution in [2.24, 2.45) is 23.7 Å². The maximum absolute atomic E-state index is 12.7. The summed E-state index contributed by atoms with van der Waals surface area (Å²) >= 11 is 3.36. The first-order chi connectivity index (χ1) is 54.1. The molecule has 0 aliphatic rings. The number of ether oxygens (including phenoxy) is 4. The van der Waals surface area contributed by atoms with Crippen LogP contribution in [0.3, 0.4) is 0 Å². The van der Waals surface area contributed by atoms with Gasteiger partial charge in [-0.2, -0.15) is 23.5 Å². The summed E-state index contributed by atoms with van der Waals surface area (Å²) in [4.78, 5) is 50.6. The van der Waals surface area contributed by atoms with Crippen LogP contribution in [0.5, 0.6) is 0 Å². The molecule has 0 bridgehead atoms. The summed E-state index contributed by atoms with van der Waals surface area (Å²) in [7, 11) is 0. The van der Waals surface area contributed by atoms with Gasteiger partial charge in [0.1, 0.15) is 0 Å². The maximum atomic E-state index is 12.7. The zero-order valence-corrected chi connectivity index (χ0v) is 77.4. The summed E-state index contributed by atoms with van der Waals surface area (Å²) < 4.78 is 23.3. The molecule has 0 aliphatic heterocycles. The van der Waals surface area contributed by atoms with Crippen LogP contribution < -0.4 is 0 Å². The van der Waals surface area contributed by atoms with Crippen LogP contribution in [0, 0.1) is 23.7 Å². The van der Waals surface area contributed by atoms with Gasteiger partial charge in [0.25, 0.3) is 0 Å². The third-order valence-corrected chi connectivity index (χ3v) is 25.4. The second-order valence-corrected chi connectivity index (χ2v) is 37.0. The normalized spacial score (nSPS) is 12.6. The van der Waals surface area contributed by atoms with Gasteiger partial charge in [0.15, 0.2) is 0 Å². The van der Waals surface area contributed by atoms with Gasteiger partial charge in [-0.1, -0.05) is 466 Å². The molecular weight excluding hydrogens is 1390 g/mol. The number of thioether (sulfide) groups is 2. The second-order valence-electron chi connectivity index (χ2n) is 34.5. The van der Waals surface area contributed by atoms with E-state index < -0.39 is 0 Å². The summed E-state index contributed by atoms with van der Waals surface area (Å²) in [6, 6.07) is 0. The van der Waals surface area contributed by atoms with Crippen LogP contribution in [0.2, 0.25) is 0 Å².